The van der Waals surface area contributed by atoms with Crippen LogP contribution in [0.25, 0.3) is 16.4 Å². The molecule has 5 nitrogen and oxygen atoms in total. The molecule has 1 N–H and O–H groups in total. The van der Waals surface area contributed by atoms with Crippen molar-refractivity contribution < 1.29 is 14.3 Å². The van der Waals surface area contributed by atoms with Gasteiger partial charge in [-0.3, -0.25) is 4.40 Å². The molecule has 0 radical (unpaired) electrons. The highest BCUT2D eigenvalue weighted by atomic mass is 32.1. The Morgan fingerprint density at radius 2 is 2.22 bits per heavy atom. The van der Waals surface area contributed by atoms with E-state index in [1.807, 2.05) is 19.1 Å². The fourth-order valence-corrected chi connectivity index (χ4v) is 2.79. The van der Waals surface area contributed by atoms with Gasteiger partial charge >= 0.3 is 5.97 Å². The first kappa shape index (κ1) is 11.0. The summed E-state index contributed by atoms with van der Waals surface area (Å²) >= 11 is 1.16. The lowest BCUT2D eigenvalue weighted by Gasteiger charge is -1.92. The maximum Gasteiger partial charge on any atom is 0.347 e. The highest BCUT2D eigenvalue weighted by Gasteiger charge is 2.17. The lowest BCUT2D eigenvalue weighted by Crippen LogP contribution is -1.96. The Labute approximate surface area is 106 Å². The molecule has 0 amide bonds. The van der Waals surface area contributed by atoms with Gasteiger partial charge in [-0.1, -0.05) is 11.3 Å². The number of rotatable bonds is 2. The van der Waals surface area contributed by atoms with Crippen molar-refractivity contribution in [1.29, 1.82) is 0 Å². The standard InChI is InChI=1S/C12H10N2O3S/c1-6-3-4-9(17-6)8-5-14-7(2)10(11(15)16)18-12(14)13-8/h3-5H,1-2H3,(H,15,16). The summed E-state index contributed by atoms with van der Waals surface area (Å²) in [7, 11) is 0. The van der Waals surface area contributed by atoms with Crippen molar-refractivity contribution in [2.75, 3.05) is 0 Å². The van der Waals surface area contributed by atoms with Crippen molar-refractivity contribution >= 4 is 22.3 Å². The molecule has 92 valence electrons. The summed E-state index contributed by atoms with van der Waals surface area (Å²) in [5, 5.41) is 9.03. The van der Waals surface area contributed by atoms with Crippen LogP contribution in [-0.2, 0) is 0 Å². The van der Waals surface area contributed by atoms with Crippen molar-refractivity contribution in [3.05, 3.63) is 34.7 Å². The third-order valence-corrected chi connectivity index (χ3v) is 3.89. The third kappa shape index (κ3) is 1.53. The Hall–Kier alpha value is -2.08. The van der Waals surface area contributed by atoms with Crippen molar-refractivity contribution in [2.24, 2.45) is 0 Å². The van der Waals surface area contributed by atoms with Gasteiger partial charge in [0.1, 0.15) is 16.3 Å². The third-order valence-electron chi connectivity index (χ3n) is 2.74. The van der Waals surface area contributed by atoms with Crippen LogP contribution in [0, 0.1) is 13.8 Å². The first-order valence-electron chi connectivity index (χ1n) is 5.35. The summed E-state index contributed by atoms with van der Waals surface area (Å²) in [4.78, 5) is 16.4. The van der Waals surface area contributed by atoms with Crippen LogP contribution in [0.2, 0.25) is 0 Å². The van der Waals surface area contributed by atoms with Gasteiger partial charge in [0.05, 0.1) is 0 Å². The molecule has 3 aromatic rings. The minimum absolute atomic E-state index is 0.319. The van der Waals surface area contributed by atoms with E-state index in [-0.39, 0.29) is 0 Å². The topological polar surface area (TPSA) is 67.7 Å². The van der Waals surface area contributed by atoms with Gasteiger partial charge in [0.25, 0.3) is 0 Å². The highest BCUT2D eigenvalue weighted by molar-refractivity contribution is 7.19. The van der Waals surface area contributed by atoms with Gasteiger partial charge < -0.3 is 9.52 Å². The molecule has 3 rings (SSSR count). The Bertz CT molecular complexity index is 751. The Kier molecular flexibility index (Phi) is 2.27. The first-order chi connectivity index (χ1) is 8.56. The molecule has 3 heterocycles. The first-order valence-corrected chi connectivity index (χ1v) is 6.16. The number of aryl methyl sites for hydroxylation is 2. The molecule has 6 heteroatoms. The molecule has 0 saturated heterocycles. The number of aromatic nitrogens is 2. The lowest BCUT2D eigenvalue weighted by molar-refractivity contribution is 0.0701. The molecule has 0 aromatic carbocycles. The van der Waals surface area contributed by atoms with Crippen LogP contribution in [0.3, 0.4) is 0 Å². The van der Waals surface area contributed by atoms with E-state index >= 15 is 0 Å². The average Bonchev–Trinajstić information content (AvgIpc) is 2.95. The number of hydrogen-bond donors (Lipinski definition) is 1. The van der Waals surface area contributed by atoms with Gasteiger partial charge in [-0.2, -0.15) is 0 Å². The number of imidazole rings is 1. The number of thiazole rings is 1. The van der Waals surface area contributed by atoms with E-state index in [0.29, 0.717) is 21.3 Å². The zero-order chi connectivity index (χ0) is 12.9. The maximum atomic E-state index is 11.0. The van der Waals surface area contributed by atoms with Crippen LogP contribution in [0.4, 0.5) is 0 Å². The van der Waals surface area contributed by atoms with Crippen LogP contribution >= 0.6 is 11.3 Å². The van der Waals surface area contributed by atoms with Crippen LogP contribution in [0.5, 0.6) is 0 Å². The van der Waals surface area contributed by atoms with Gasteiger partial charge in [0, 0.05) is 11.9 Å². The van der Waals surface area contributed by atoms with Crippen molar-refractivity contribution in [3.63, 3.8) is 0 Å². The van der Waals surface area contributed by atoms with Gasteiger partial charge in [0.2, 0.25) is 0 Å². The number of nitrogens with zero attached hydrogens (tertiary/aromatic N) is 2. The smallest absolute Gasteiger partial charge is 0.347 e. The fourth-order valence-electron chi connectivity index (χ4n) is 1.84. The summed E-state index contributed by atoms with van der Waals surface area (Å²) in [5.74, 6) is 0.599. The van der Waals surface area contributed by atoms with E-state index in [9.17, 15) is 4.79 Å². The number of carbonyl (C=O) groups is 1. The van der Waals surface area contributed by atoms with E-state index in [2.05, 4.69) is 4.98 Å². The molecule has 0 atom stereocenters. The molecule has 0 aliphatic carbocycles. The maximum absolute atomic E-state index is 11.0. The van der Waals surface area contributed by atoms with Crippen molar-refractivity contribution in [2.45, 2.75) is 13.8 Å². The van der Waals surface area contributed by atoms with E-state index in [1.54, 1.807) is 17.5 Å². The monoisotopic (exact) mass is 262 g/mol. The number of carboxylic acid groups (broad SMARTS) is 1. The van der Waals surface area contributed by atoms with Gasteiger partial charge in [-0.05, 0) is 26.0 Å². The Morgan fingerprint density at radius 1 is 1.44 bits per heavy atom. The Balaban J connectivity index is 2.16. The number of hydrogen-bond acceptors (Lipinski definition) is 4. The second-order valence-electron chi connectivity index (χ2n) is 4.01. The van der Waals surface area contributed by atoms with Gasteiger partial charge in [-0.15, -0.1) is 0 Å². The largest absolute Gasteiger partial charge is 0.477 e. The molecule has 3 aromatic heterocycles. The fraction of sp³-hybridized carbons (Fsp3) is 0.167. The van der Waals surface area contributed by atoms with Crippen LogP contribution in [0.1, 0.15) is 21.1 Å². The van der Waals surface area contributed by atoms with E-state index in [4.69, 9.17) is 9.52 Å². The van der Waals surface area contributed by atoms with Gasteiger partial charge in [-0.25, -0.2) is 9.78 Å². The number of furan rings is 1. The van der Waals surface area contributed by atoms with Crippen LogP contribution in [-0.4, -0.2) is 20.5 Å². The van der Waals surface area contributed by atoms with Crippen LogP contribution < -0.4 is 0 Å². The second kappa shape index (κ2) is 3.71. The summed E-state index contributed by atoms with van der Waals surface area (Å²) in [6.07, 6.45) is 1.80. The predicted molar refractivity (Wildman–Crippen MR) is 67.2 cm³/mol. The quantitative estimate of drug-likeness (QED) is 0.771. The Morgan fingerprint density at radius 3 is 2.78 bits per heavy atom. The van der Waals surface area contributed by atoms with Crippen molar-refractivity contribution in [3.8, 4) is 11.5 Å². The molecule has 0 unspecified atom stereocenters. The molecule has 0 aliphatic rings. The minimum atomic E-state index is -0.918. The van der Waals surface area contributed by atoms with Crippen LogP contribution in [0.15, 0.2) is 22.7 Å². The minimum Gasteiger partial charge on any atom is -0.477 e. The van der Waals surface area contributed by atoms with E-state index in [1.165, 1.54) is 0 Å². The summed E-state index contributed by atoms with van der Waals surface area (Å²) < 4.78 is 7.28. The highest BCUT2D eigenvalue weighted by Crippen LogP contribution is 2.27. The molecule has 0 spiro atoms. The molecule has 0 aliphatic heterocycles. The average molecular weight is 262 g/mol. The van der Waals surface area contributed by atoms with Gasteiger partial charge in [0.15, 0.2) is 10.7 Å². The summed E-state index contributed by atoms with van der Waals surface area (Å²) in [6, 6.07) is 3.73. The molecule has 18 heavy (non-hydrogen) atoms. The number of carboxylic acids is 1. The zero-order valence-corrected chi connectivity index (χ0v) is 10.6. The van der Waals surface area contributed by atoms with Crippen molar-refractivity contribution in [1.82, 2.24) is 9.38 Å². The number of fused-ring (bicyclic) bond motifs is 1. The molecule has 0 fully saturated rings. The van der Waals surface area contributed by atoms with E-state index < -0.39 is 5.97 Å². The molecule has 0 bridgehead atoms. The predicted octanol–water partition coefficient (Wildman–Crippen LogP) is 2.97. The summed E-state index contributed by atoms with van der Waals surface area (Å²) in [5.41, 5.74) is 1.40. The normalized spacial score (nSPS) is 11.2. The SMILES string of the molecule is Cc1ccc(-c2cn3c(C)c(C(=O)O)sc3n2)o1. The molecule has 0 saturated carbocycles. The summed E-state index contributed by atoms with van der Waals surface area (Å²) in [6.45, 7) is 3.64. The van der Waals surface area contributed by atoms with E-state index in [0.717, 1.165) is 22.8 Å². The zero-order valence-electron chi connectivity index (χ0n) is 9.80. The number of aromatic carboxylic acids is 1. The lowest BCUT2D eigenvalue weighted by atomic mass is 10.3. The second-order valence-corrected chi connectivity index (χ2v) is 4.99. The molecular formula is C12H10N2O3S. The molecular weight excluding hydrogens is 252 g/mol.